The molecule has 0 fully saturated rings. The summed E-state index contributed by atoms with van der Waals surface area (Å²) in [6, 6.07) is 51.8. The van der Waals surface area contributed by atoms with E-state index in [-0.39, 0.29) is 28.7 Å². The molecule has 0 amide bonds. The van der Waals surface area contributed by atoms with Crippen LogP contribution in [0.5, 0.6) is 0 Å². The Bertz CT molecular complexity index is 3350. The van der Waals surface area contributed by atoms with Crippen LogP contribution in [0.4, 0.5) is 17.1 Å². The molecule has 10 aromatic rings. The summed E-state index contributed by atoms with van der Waals surface area (Å²) < 4.78 is 4.30. The summed E-state index contributed by atoms with van der Waals surface area (Å²) >= 11 is 0. The summed E-state index contributed by atoms with van der Waals surface area (Å²) in [4.78, 5) is 25.5. The highest BCUT2D eigenvalue weighted by molar-refractivity contribution is 6.12. The van der Waals surface area contributed by atoms with Crippen molar-refractivity contribution in [1.82, 2.24) is 24.1 Å². The van der Waals surface area contributed by atoms with Gasteiger partial charge in [-0.15, -0.1) is 0 Å². The van der Waals surface area contributed by atoms with Gasteiger partial charge in [-0.3, -0.25) is 4.57 Å². The minimum Gasteiger partial charge on any atom is -0.309 e. The third-order valence-electron chi connectivity index (χ3n) is 10.4. The second-order valence-corrected chi connectivity index (χ2v) is 13.7. The van der Waals surface area contributed by atoms with E-state index in [1.54, 1.807) is 24.3 Å². The summed E-state index contributed by atoms with van der Waals surface area (Å²) in [5.74, 6) is 0.785. The van der Waals surface area contributed by atoms with Crippen LogP contribution in [0.2, 0.25) is 0 Å². The molecule has 0 aliphatic carbocycles. The van der Waals surface area contributed by atoms with E-state index >= 15 is 0 Å². The minimum atomic E-state index is 0.240. The molecule has 0 saturated carbocycles. The summed E-state index contributed by atoms with van der Waals surface area (Å²) in [5.41, 5.74) is 9.25. The minimum absolute atomic E-state index is 0.240. The summed E-state index contributed by atoms with van der Waals surface area (Å²) in [7, 11) is 0. The molecule has 3 aromatic heterocycles. The van der Waals surface area contributed by atoms with Crippen LogP contribution >= 0.6 is 0 Å². The molecule has 58 heavy (non-hydrogen) atoms. The number of hydrogen-bond acceptors (Lipinski definition) is 4. The Morgan fingerprint density at radius 1 is 0.431 bits per heavy atom. The summed E-state index contributed by atoms with van der Waals surface area (Å²) in [6.45, 7) is 23.0. The molecule has 0 N–H and O–H groups in total. The highest BCUT2D eigenvalue weighted by atomic mass is 15.2. The summed E-state index contributed by atoms with van der Waals surface area (Å²) in [5, 5.41) is 14.2. The Balaban J connectivity index is 1.20. The van der Waals surface area contributed by atoms with E-state index in [0.29, 0.717) is 22.6 Å². The van der Waals surface area contributed by atoms with Gasteiger partial charge in [-0.05, 0) is 89.5 Å². The topological polar surface area (TPSA) is 85.4 Å². The first-order valence-corrected chi connectivity index (χ1v) is 18.3. The Kier molecular flexibility index (Phi) is 7.80. The largest absolute Gasteiger partial charge is 0.309 e. The average Bonchev–Trinajstić information content (AvgIpc) is 3.81. The highest BCUT2D eigenvalue weighted by Crippen LogP contribution is 2.39. The fraction of sp³-hybridized carbons (Fsp3) is 0. The van der Waals surface area contributed by atoms with Gasteiger partial charge in [0.25, 0.3) is 0 Å². The molecular weight excluding hydrogens is 715 g/mol. The van der Waals surface area contributed by atoms with Gasteiger partial charge >= 0.3 is 0 Å². The molecule has 0 atom stereocenters. The van der Waals surface area contributed by atoms with Crippen molar-refractivity contribution in [2.75, 3.05) is 0 Å². The third kappa shape index (κ3) is 5.49. The quantitative estimate of drug-likeness (QED) is 0.164. The lowest BCUT2D eigenvalue weighted by Gasteiger charge is -2.12. The Morgan fingerprint density at radius 2 is 0.966 bits per heavy atom. The van der Waals surface area contributed by atoms with Crippen LogP contribution in [0.1, 0.15) is 5.56 Å². The van der Waals surface area contributed by atoms with Gasteiger partial charge in [-0.2, -0.15) is 15.2 Å². The fourth-order valence-electron chi connectivity index (χ4n) is 7.82. The van der Waals surface area contributed by atoms with Gasteiger partial charge in [0.05, 0.1) is 47.9 Å². The second-order valence-electron chi connectivity index (χ2n) is 13.7. The molecule has 9 nitrogen and oxygen atoms in total. The maximum atomic E-state index is 9.81. The van der Waals surface area contributed by atoms with Crippen molar-refractivity contribution in [2.45, 2.75) is 0 Å². The molecule has 0 aliphatic heterocycles. The lowest BCUT2D eigenvalue weighted by Crippen LogP contribution is -2.06. The molecule has 0 radical (unpaired) electrons. The summed E-state index contributed by atoms with van der Waals surface area (Å²) in [6.07, 6.45) is 0. The number of nitriles is 1. The molecule has 0 unspecified atom stereocenters. The number of aromatic nitrogens is 5. The molecule has 266 valence electrons. The predicted molar refractivity (Wildman–Crippen MR) is 228 cm³/mol. The number of fused-ring (bicyclic) bond motifs is 6. The van der Waals surface area contributed by atoms with Crippen LogP contribution in [0.25, 0.3) is 104 Å². The highest BCUT2D eigenvalue weighted by Gasteiger charge is 2.20. The fourth-order valence-corrected chi connectivity index (χ4v) is 7.82. The van der Waals surface area contributed by atoms with Crippen molar-refractivity contribution in [3.8, 4) is 51.6 Å². The molecule has 7 aromatic carbocycles. The molecular formula is C49H25N9. The van der Waals surface area contributed by atoms with Gasteiger partial charge < -0.3 is 4.57 Å². The van der Waals surface area contributed by atoms with Crippen molar-refractivity contribution in [2.24, 2.45) is 0 Å². The van der Waals surface area contributed by atoms with Gasteiger partial charge in [0.2, 0.25) is 5.95 Å². The van der Waals surface area contributed by atoms with E-state index in [1.807, 2.05) is 28.8 Å². The van der Waals surface area contributed by atoms with Crippen molar-refractivity contribution in [1.29, 1.82) is 5.26 Å². The van der Waals surface area contributed by atoms with Crippen molar-refractivity contribution >= 4 is 60.7 Å². The van der Waals surface area contributed by atoms with Crippen molar-refractivity contribution in [3.05, 3.63) is 191 Å². The predicted octanol–water partition coefficient (Wildman–Crippen LogP) is 12.6. The molecule has 3 heterocycles. The maximum absolute atomic E-state index is 9.81. The lowest BCUT2D eigenvalue weighted by molar-refractivity contribution is 0.953. The average molecular weight is 740 g/mol. The van der Waals surface area contributed by atoms with E-state index in [4.69, 9.17) is 34.7 Å². The normalized spacial score (nSPS) is 11.0. The molecule has 0 spiro atoms. The number of benzene rings is 7. The molecule has 0 bridgehead atoms. The molecule has 0 saturated heterocycles. The van der Waals surface area contributed by atoms with Gasteiger partial charge in [0, 0.05) is 38.4 Å². The van der Waals surface area contributed by atoms with Crippen LogP contribution < -0.4 is 0 Å². The molecule has 0 aliphatic rings. The standard InChI is InChI=1S/C49H25N9/c1-51-35-22-30(29-50)21-33(23-35)47-54-48(34-24-36(52-2)28-37(25-34)53-3)56-49(55-47)58-44-16-10-8-14-40(44)42-26-31(18-20-45(42)58)32-17-19-41-39-13-7-9-15-43(39)57(46(41)27-32)38-11-5-4-6-12-38/h4-28H. The molecule has 9 heteroatoms. The van der Waals surface area contributed by atoms with Crippen LogP contribution in [-0.4, -0.2) is 24.1 Å². The van der Waals surface area contributed by atoms with Crippen LogP contribution in [0, 0.1) is 31.0 Å². The van der Waals surface area contributed by atoms with Crippen LogP contribution in [0.3, 0.4) is 0 Å². The Labute approximate surface area is 332 Å². The van der Waals surface area contributed by atoms with Gasteiger partial charge in [0.1, 0.15) is 0 Å². The zero-order chi connectivity index (χ0) is 39.3. The lowest BCUT2D eigenvalue weighted by atomic mass is 10.0. The van der Waals surface area contributed by atoms with Crippen molar-refractivity contribution in [3.63, 3.8) is 0 Å². The second kappa shape index (κ2) is 13.4. The van der Waals surface area contributed by atoms with Gasteiger partial charge in [0.15, 0.2) is 28.7 Å². The van der Waals surface area contributed by atoms with Crippen LogP contribution in [-0.2, 0) is 0 Å². The van der Waals surface area contributed by atoms with E-state index in [1.165, 1.54) is 22.9 Å². The van der Waals surface area contributed by atoms with Crippen LogP contribution in [0.15, 0.2) is 152 Å². The number of nitrogens with zero attached hydrogens (tertiary/aromatic N) is 9. The first kappa shape index (κ1) is 33.7. The van der Waals surface area contributed by atoms with E-state index in [9.17, 15) is 5.26 Å². The van der Waals surface area contributed by atoms with E-state index in [2.05, 4.69) is 116 Å². The first-order chi connectivity index (χ1) is 28.5. The SMILES string of the molecule is [C-]#[N+]c1cc(C#N)cc(-c2nc(-c3cc([N+]#[C-])cc([N+]#[C-])c3)nc(-n3c4ccccc4c4cc(-c5ccc6c7ccccc7n(-c7ccccc7)c6c5)ccc43)n2)c1. The van der Waals surface area contributed by atoms with E-state index in [0.717, 1.165) is 49.7 Å². The monoisotopic (exact) mass is 739 g/mol. The zero-order valence-electron chi connectivity index (χ0n) is 30.5. The zero-order valence-corrected chi connectivity index (χ0v) is 30.5. The number of hydrogen-bond donors (Lipinski definition) is 0. The van der Waals surface area contributed by atoms with Crippen molar-refractivity contribution < 1.29 is 0 Å². The van der Waals surface area contributed by atoms with Gasteiger partial charge in [-0.1, -0.05) is 78.9 Å². The number of rotatable bonds is 5. The van der Waals surface area contributed by atoms with Gasteiger partial charge in [-0.25, -0.2) is 19.5 Å². The molecule has 10 rings (SSSR count). The third-order valence-corrected chi connectivity index (χ3v) is 10.4. The Hall–Kier alpha value is -8.89. The van der Waals surface area contributed by atoms with E-state index < -0.39 is 0 Å². The first-order valence-electron chi connectivity index (χ1n) is 18.3. The maximum Gasteiger partial charge on any atom is 0.238 e. The Morgan fingerprint density at radius 3 is 1.64 bits per heavy atom. The number of para-hydroxylation sites is 3. The smallest absolute Gasteiger partial charge is 0.238 e.